The number of hydrogen-bond acceptors (Lipinski definition) is 9. The number of carbonyl (C=O) groups excluding carboxylic acids is 2. The molecule has 11 nitrogen and oxygen atoms in total. The maximum Gasteiger partial charge on any atom is 0.423 e. The summed E-state index contributed by atoms with van der Waals surface area (Å²) in [6, 6.07) is 9.14. The van der Waals surface area contributed by atoms with E-state index in [1.165, 1.54) is 30.2 Å². The smallest absolute Gasteiger partial charge is 0.423 e. The summed E-state index contributed by atoms with van der Waals surface area (Å²) in [6.45, 7) is 1.81. The van der Waals surface area contributed by atoms with Crippen molar-refractivity contribution in [2.75, 3.05) is 46.7 Å². The number of halogens is 3. The number of piperidine rings is 1. The van der Waals surface area contributed by atoms with Gasteiger partial charge in [0.15, 0.2) is 0 Å². The number of fused-ring (bicyclic) bond motifs is 1. The van der Waals surface area contributed by atoms with E-state index in [4.69, 9.17) is 14.2 Å². The van der Waals surface area contributed by atoms with Crippen LogP contribution in [0.2, 0.25) is 0 Å². The van der Waals surface area contributed by atoms with Crippen molar-refractivity contribution < 1.29 is 37.0 Å². The number of likely N-dealkylation sites (tertiary alicyclic amines) is 1. The van der Waals surface area contributed by atoms with Crippen molar-refractivity contribution in [2.24, 2.45) is 0 Å². The van der Waals surface area contributed by atoms with Crippen LogP contribution in [-0.4, -0.2) is 85.1 Å². The molecule has 43 heavy (non-hydrogen) atoms. The number of rotatable bonds is 8. The van der Waals surface area contributed by atoms with Gasteiger partial charge in [0.1, 0.15) is 17.1 Å². The molecular weight excluding hydrogens is 569 g/mol. The van der Waals surface area contributed by atoms with Gasteiger partial charge in [-0.05, 0) is 49.8 Å². The normalized spacial score (nSPS) is 18.8. The third-order valence-corrected chi connectivity index (χ3v) is 7.44. The Bertz CT molecular complexity index is 1530. The van der Waals surface area contributed by atoms with Gasteiger partial charge in [-0.1, -0.05) is 12.1 Å². The molecule has 3 aromatic rings. The molecule has 228 valence electrons. The predicted molar refractivity (Wildman–Crippen MR) is 150 cm³/mol. The Morgan fingerprint density at radius 2 is 1.91 bits per heavy atom. The van der Waals surface area contributed by atoms with Crippen LogP contribution in [-0.2, 0) is 17.5 Å². The van der Waals surface area contributed by atoms with Gasteiger partial charge in [-0.2, -0.15) is 18.2 Å². The van der Waals surface area contributed by atoms with Crippen LogP contribution in [0.1, 0.15) is 38.3 Å². The summed E-state index contributed by atoms with van der Waals surface area (Å²) in [4.78, 5) is 37.1. The zero-order valence-electron chi connectivity index (χ0n) is 24.0. The molecule has 0 spiro atoms. The third kappa shape index (κ3) is 6.34. The number of likely N-dealkylation sites (N-methyl/N-ethyl adjacent to an activating group) is 1. The number of anilines is 2. The van der Waals surface area contributed by atoms with E-state index >= 15 is 0 Å². The number of nitrogens with zero attached hydrogens (tertiary/aromatic N) is 4. The van der Waals surface area contributed by atoms with E-state index in [1.54, 1.807) is 32.4 Å². The van der Waals surface area contributed by atoms with E-state index in [9.17, 15) is 22.8 Å². The minimum absolute atomic E-state index is 0.0460. The van der Waals surface area contributed by atoms with Gasteiger partial charge in [-0.3, -0.25) is 9.59 Å². The van der Waals surface area contributed by atoms with Crippen molar-refractivity contribution in [1.82, 2.24) is 25.1 Å². The fraction of sp³-hybridized carbons (Fsp3) is 0.379. The van der Waals surface area contributed by atoms with Crippen LogP contribution >= 0.6 is 0 Å². The first-order valence-electron chi connectivity index (χ1n) is 13.4. The van der Waals surface area contributed by atoms with Crippen LogP contribution in [0.5, 0.6) is 17.4 Å². The van der Waals surface area contributed by atoms with Crippen molar-refractivity contribution in [3.8, 4) is 17.4 Å². The maximum absolute atomic E-state index is 13.9. The molecule has 0 aliphatic carbocycles. The number of carbonyl (C=O) groups is 2. The molecule has 2 aliphatic rings. The lowest BCUT2D eigenvalue weighted by molar-refractivity contribution is -0.139. The maximum atomic E-state index is 13.9. The van der Waals surface area contributed by atoms with Gasteiger partial charge in [-0.25, -0.2) is 4.98 Å². The fourth-order valence-electron chi connectivity index (χ4n) is 5.14. The summed E-state index contributed by atoms with van der Waals surface area (Å²) in [5.41, 5.74) is 0.223. The molecule has 14 heteroatoms. The van der Waals surface area contributed by atoms with Crippen LogP contribution in [0.4, 0.5) is 24.8 Å². The Balaban J connectivity index is 1.39. The highest BCUT2D eigenvalue weighted by molar-refractivity contribution is 6.01. The molecule has 0 radical (unpaired) electrons. The van der Waals surface area contributed by atoms with Gasteiger partial charge >= 0.3 is 6.18 Å². The summed E-state index contributed by atoms with van der Waals surface area (Å²) in [5.74, 6) is -1.49. The molecule has 0 bridgehead atoms. The SMILES string of the molecule is COc1cc(C(=O)N[C@@H]2CCN(C)C[C@H]2OC)ccc1Nc1ncc(C(F)(F)F)c(Oc2cccc3c2C(=O)N(C)C3)n1. The second-order valence-electron chi connectivity index (χ2n) is 10.4. The van der Waals surface area contributed by atoms with Gasteiger partial charge < -0.3 is 34.6 Å². The second kappa shape index (κ2) is 12.1. The number of alkyl halides is 3. The van der Waals surface area contributed by atoms with E-state index < -0.39 is 17.6 Å². The topological polar surface area (TPSA) is 118 Å². The Hall–Kier alpha value is -4.43. The Labute approximate surface area is 245 Å². The lowest BCUT2D eigenvalue weighted by atomic mass is 10.0. The van der Waals surface area contributed by atoms with E-state index in [0.29, 0.717) is 36.1 Å². The van der Waals surface area contributed by atoms with Gasteiger partial charge in [0, 0.05) is 39.0 Å². The Morgan fingerprint density at radius 3 is 2.63 bits per heavy atom. The summed E-state index contributed by atoms with van der Waals surface area (Å²) in [7, 11) is 6.58. The molecule has 2 N–H and O–H groups in total. The van der Waals surface area contributed by atoms with E-state index in [2.05, 4.69) is 25.5 Å². The number of methoxy groups -OCH3 is 2. The van der Waals surface area contributed by atoms with Gasteiger partial charge in [0.25, 0.3) is 11.8 Å². The van der Waals surface area contributed by atoms with Crippen LogP contribution in [0.3, 0.4) is 0 Å². The number of hydrogen-bond donors (Lipinski definition) is 2. The largest absolute Gasteiger partial charge is 0.495 e. The molecular formula is C29H31F3N6O5. The molecule has 1 fully saturated rings. The molecule has 2 aromatic carbocycles. The monoisotopic (exact) mass is 600 g/mol. The molecule has 5 rings (SSSR count). The van der Waals surface area contributed by atoms with E-state index in [0.717, 1.165) is 13.0 Å². The lowest BCUT2D eigenvalue weighted by Gasteiger charge is -2.36. The highest BCUT2D eigenvalue weighted by Crippen LogP contribution is 2.40. The quantitative estimate of drug-likeness (QED) is 0.395. The zero-order valence-corrected chi connectivity index (χ0v) is 24.0. The van der Waals surface area contributed by atoms with Crippen molar-refractivity contribution in [2.45, 2.75) is 31.3 Å². The number of amides is 2. The van der Waals surface area contributed by atoms with Gasteiger partial charge in [-0.15, -0.1) is 0 Å². The predicted octanol–water partition coefficient (Wildman–Crippen LogP) is 4.07. The number of benzene rings is 2. The van der Waals surface area contributed by atoms with Gasteiger partial charge in [0.2, 0.25) is 11.8 Å². The first-order valence-corrected chi connectivity index (χ1v) is 13.4. The summed E-state index contributed by atoms with van der Waals surface area (Å²) in [6.07, 6.45) is -3.66. The standard InChI is InChI=1S/C29H31F3N6O5/c1-37-11-10-20(23(15-37)42-4)34-25(39)16-8-9-19(22(12-16)41-3)35-28-33-13-18(29(30,31)32)26(36-28)43-21-7-5-6-17-14-38(2)27(40)24(17)21/h5-9,12-13,20,23H,10-11,14-15H2,1-4H3,(H,34,39)(H,33,35,36)/t20-,23-/m1/s1. The summed E-state index contributed by atoms with van der Waals surface area (Å²) < 4.78 is 58.2. The number of aromatic nitrogens is 2. The van der Waals surface area contributed by atoms with Crippen LogP contribution in [0, 0.1) is 0 Å². The highest BCUT2D eigenvalue weighted by atomic mass is 19.4. The molecule has 2 atom stereocenters. The third-order valence-electron chi connectivity index (χ3n) is 7.44. The Morgan fingerprint density at radius 1 is 1.12 bits per heavy atom. The van der Waals surface area contributed by atoms with Crippen LogP contribution in [0.15, 0.2) is 42.6 Å². The molecule has 2 aliphatic heterocycles. The summed E-state index contributed by atoms with van der Waals surface area (Å²) in [5, 5.41) is 5.85. The average molecular weight is 601 g/mol. The van der Waals surface area contributed by atoms with Crippen molar-refractivity contribution in [1.29, 1.82) is 0 Å². The zero-order chi connectivity index (χ0) is 30.9. The minimum Gasteiger partial charge on any atom is -0.495 e. The Kier molecular flexibility index (Phi) is 8.42. The van der Waals surface area contributed by atoms with Crippen LogP contribution < -0.4 is 20.1 Å². The van der Waals surface area contributed by atoms with E-state index in [-0.39, 0.29) is 47.0 Å². The number of nitrogens with one attached hydrogen (secondary N) is 2. The molecule has 1 aromatic heterocycles. The first kappa shape index (κ1) is 30.0. The molecule has 0 unspecified atom stereocenters. The van der Waals surface area contributed by atoms with Gasteiger partial charge in [0.05, 0.1) is 30.5 Å². The minimum atomic E-state index is -4.82. The average Bonchev–Trinajstić information content (AvgIpc) is 3.27. The van der Waals surface area contributed by atoms with Crippen LogP contribution in [0.25, 0.3) is 0 Å². The van der Waals surface area contributed by atoms with Crippen molar-refractivity contribution in [3.63, 3.8) is 0 Å². The number of ether oxygens (including phenoxy) is 3. The molecule has 2 amide bonds. The van der Waals surface area contributed by atoms with Crippen molar-refractivity contribution >= 4 is 23.5 Å². The second-order valence-corrected chi connectivity index (χ2v) is 10.4. The lowest BCUT2D eigenvalue weighted by Crippen LogP contribution is -2.53. The molecule has 1 saturated heterocycles. The van der Waals surface area contributed by atoms with E-state index in [1.807, 2.05) is 7.05 Å². The fourth-order valence-corrected chi connectivity index (χ4v) is 5.14. The highest BCUT2D eigenvalue weighted by Gasteiger charge is 2.38. The molecule has 0 saturated carbocycles. The van der Waals surface area contributed by atoms with Crippen molar-refractivity contribution in [3.05, 3.63) is 64.8 Å². The summed E-state index contributed by atoms with van der Waals surface area (Å²) >= 11 is 0. The molecule has 3 heterocycles. The first-order chi connectivity index (χ1) is 20.5.